The highest BCUT2D eigenvalue weighted by Gasteiger charge is 2.20. The predicted molar refractivity (Wildman–Crippen MR) is 115 cm³/mol. The molecule has 1 aliphatic heterocycles. The first-order valence-corrected chi connectivity index (χ1v) is 10.4. The van der Waals surface area contributed by atoms with Crippen LogP contribution < -0.4 is 9.47 Å². The number of hydrogen-bond acceptors (Lipinski definition) is 3. The van der Waals surface area contributed by atoms with Gasteiger partial charge in [0.2, 0.25) is 0 Å². The number of H-pyrrole nitrogens is 1. The Bertz CT molecular complexity index is 893. The van der Waals surface area contributed by atoms with Gasteiger partial charge in [-0.25, -0.2) is 0 Å². The Morgan fingerprint density at radius 3 is 2.46 bits per heavy atom. The highest BCUT2D eigenvalue weighted by atomic mass is 16.5. The number of unbranched alkanes of at least 4 members (excludes halogenated alkanes) is 1. The molecule has 3 aromatic rings. The van der Waals surface area contributed by atoms with Crippen LogP contribution in [0, 0.1) is 0 Å². The van der Waals surface area contributed by atoms with Crippen molar-refractivity contribution in [2.75, 3.05) is 26.7 Å². The summed E-state index contributed by atoms with van der Waals surface area (Å²) in [6, 6.07) is 16.7. The van der Waals surface area contributed by atoms with E-state index in [2.05, 4.69) is 59.3 Å². The average Bonchev–Trinajstić information content (AvgIpc) is 3.17. The molecular formula is C24H30N2O2. The highest BCUT2D eigenvalue weighted by Crippen LogP contribution is 2.28. The van der Waals surface area contributed by atoms with E-state index in [4.69, 9.17) is 9.47 Å². The molecule has 4 rings (SSSR count). The van der Waals surface area contributed by atoms with E-state index in [1.54, 1.807) is 7.11 Å². The van der Waals surface area contributed by atoms with Crippen LogP contribution >= 0.6 is 0 Å². The average molecular weight is 379 g/mol. The standard InChI is InChI=1S/C24H30N2O2/c1-3-4-13-26-14-11-21(12-15-26)28-20-7-5-18(6-8-20)24-17-19-16-22(27-2)9-10-23(19)25-24/h5-10,16-17,21,25H,3-4,11-15H2,1-2H3. The van der Waals surface area contributed by atoms with E-state index in [-0.39, 0.29) is 0 Å². The minimum absolute atomic E-state index is 0.337. The molecule has 1 fully saturated rings. The van der Waals surface area contributed by atoms with Gasteiger partial charge in [-0.2, -0.15) is 0 Å². The van der Waals surface area contributed by atoms with Gasteiger partial charge in [0.1, 0.15) is 17.6 Å². The number of nitrogens with one attached hydrogen (secondary N) is 1. The first kappa shape index (κ1) is 18.9. The Hall–Kier alpha value is -2.46. The van der Waals surface area contributed by atoms with Gasteiger partial charge in [0.25, 0.3) is 0 Å². The third-order valence-electron chi connectivity index (χ3n) is 5.66. The van der Waals surface area contributed by atoms with Crippen LogP contribution in [-0.4, -0.2) is 42.7 Å². The van der Waals surface area contributed by atoms with E-state index in [0.717, 1.165) is 59.6 Å². The van der Waals surface area contributed by atoms with Gasteiger partial charge in [0, 0.05) is 29.7 Å². The minimum atomic E-state index is 0.337. The van der Waals surface area contributed by atoms with Gasteiger partial charge in [-0.05, 0) is 79.9 Å². The van der Waals surface area contributed by atoms with Crippen molar-refractivity contribution in [1.29, 1.82) is 0 Å². The zero-order chi connectivity index (χ0) is 19.3. The number of piperidine rings is 1. The van der Waals surface area contributed by atoms with Gasteiger partial charge in [-0.1, -0.05) is 13.3 Å². The van der Waals surface area contributed by atoms with E-state index in [1.807, 2.05) is 6.07 Å². The molecule has 28 heavy (non-hydrogen) atoms. The monoisotopic (exact) mass is 378 g/mol. The summed E-state index contributed by atoms with van der Waals surface area (Å²) in [5.41, 5.74) is 3.39. The SMILES string of the molecule is CCCCN1CCC(Oc2ccc(-c3cc4cc(OC)ccc4[nH]3)cc2)CC1. The van der Waals surface area contributed by atoms with Gasteiger partial charge < -0.3 is 19.4 Å². The van der Waals surface area contributed by atoms with Crippen LogP contribution in [0.15, 0.2) is 48.5 Å². The highest BCUT2D eigenvalue weighted by molar-refractivity contribution is 5.87. The van der Waals surface area contributed by atoms with E-state index < -0.39 is 0 Å². The molecule has 0 unspecified atom stereocenters. The summed E-state index contributed by atoms with van der Waals surface area (Å²) in [4.78, 5) is 6.05. The Morgan fingerprint density at radius 1 is 1.00 bits per heavy atom. The molecule has 4 heteroatoms. The zero-order valence-corrected chi connectivity index (χ0v) is 16.9. The second-order valence-electron chi connectivity index (χ2n) is 7.67. The van der Waals surface area contributed by atoms with Crippen molar-refractivity contribution in [3.05, 3.63) is 48.5 Å². The molecule has 0 bridgehead atoms. The topological polar surface area (TPSA) is 37.5 Å². The van der Waals surface area contributed by atoms with E-state index in [1.165, 1.54) is 19.4 Å². The van der Waals surface area contributed by atoms with Crippen molar-refractivity contribution in [2.24, 2.45) is 0 Å². The maximum atomic E-state index is 6.23. The molecule has 1 saturated heterocycles. The fraction of sp³-hybridized carbons (Fsp3) is 0.417. The van der Waals surface area contributed by atoms with Crippen molar-refractivity contribution >= 4 is 10.9 Å². The summed E-state index contributed by atoms with van der Waals surface area (Å²) < 4.78 is 11.6. The van der Waals surface area contributed by atoms with Crippen LogP contribution in [-0.2, 0) is 0 Å². The Kier molecular flexibility index (Phi) is 5.87. The lowest BCUT2D eigenvalue weighted by Crippen LogP contribution is -2.38. The van der Waals surface area contributed by atoms with E-state index >= 15 is 0 Å². The number of rotatable bonds is 7. The largest absolute Gasteiger partial charge is 0.497 e. The number of ether oxygens (including phenoxy) is 2. The van der Waals surface area contributed by atoms with Gasteiger partial charge in [0.05, 0.1) is 7.11 Å². The molecule has 1 N–H and O–H groups in total. The lowest BCUT2D eigenvalue weighted by atomic mass is 10.1. The molecule has 2 aromatic carbocycles. The summed E-state index contributed by atoms with van der Waals surface area (Å²) >= 11 is 0. The first-order valence-electron chi connectivity index (χ1n) is 10.4. The van der Waals surface area contributed by atoms with E-state index in [0.29, 0.717) is 6.10 Å². The number of nitrogens with zero attached hydrogens (tertiary/aromatic N) is 1. The van der Waals surface area contributed by atoms with Gasteiger partial charge in [-0.15, -0.1) is 0 Å². The normalized spacial score (nSPS) is 15.8. The maximum absolute atomic E-state index is 6.23. The third-order valence-corrected chi connectivity index (χ3v) is 5.66. The third kappa shape index (κ3) is 4.33. The summed E-state index contributed by atoms with van der Waals surface area (Å²) in [5, 5.41) is 1.16. The molecule has 0 aliphatic carbocycles. The number of benzene rings is 2. The predicted octanol–water partition coefficient (Wildman–Crippen LogP) is 5.49. The molecule has 0 spiro atoms. The van der Waals surface area contributed by atoms with Crippen LogP contribution in [0.1, 0.15) is 32.6 Å². The summed E-state index contributed by atoms with van der Waals surface area (Å²) in [6.45, 7) is 5.79. The lowest BCUT2D eigenvalue weighted by molar-refractivity contribution is 0.0998. The number of fused-ring (bicyclic) bond motifs is 1. The Balaban J connectivity index is 1.38. The van der Waals surface area contributed by atoms with Gasteiger partial charge in [0.15, 0.2) is 0 Å². The molecule has 0 amide bonds. The van der Waals surface area contributed by atoms with Gasteiger partial charge in [-0.3, -0.25) is 0 Å². The number of methoxy groups -OCH3 is 1. The molecule has 4 nitrogen and oxygen atoms in total. The molecule has 0 saturated carbocycles. The Morgan fingerprint density at radius 2 is 1.75 bits per heavy atom. The molecule has 0 atom stereocenters. The first-order chi connectivity index (χ1) is 13.7. The molecule has 1 aromatic heterocycles. The fourth-order valence-corrected chi connectivity index (χ4v) is 3.93. The number of aromatic amines is 1. The van der Waals surface area contributed by atoms with Crippen molar-refractivity contribution in [3.8, 4) is 22.8 Å². The maximum Gasteiger partial charge on any atom is 0.119 e. The van der Waals surface area contributed by atoms with Crippen LogP contribution in [0.25, 0.3) is 22.2 Å². The van der Waals surface area contributed by atoms with Crippen LogP contribution in [0.5, 0.6) is 11.5 Å². The van der Waals surface area contributed by atoms with Gasteiger partial charge >= 0.3 is 0 Å². The molecule has 2 heterocycles. The van der Waals surface area contributed by atoms with Crippen molar-refractivity contribution < 1.29 is 9.47 Å². The van der Waals surface area contributed by atoms with Crippen LogP contribution in [0.4, 0.5) is 0 Å². The number of hydrogen-bond donors (Lipinski definition) is 1. The number of aromatic nitrogens is 1. The van der Waals surface area contributed by atoms with Crippen molar-refractivity contribution in [3.63, 3.8) is 0 Å². The van der Waals surface area contributed by atoms with Crippen molar-refractivity contribution in [2.45, 2.75) is 38.7 Å². The summed E-state index contributed by atoms with van der Waals surface area (Å²) in [5.74, 6) is 1.84. The van der Waals surface area contributed by atoms with Crippen LogP contribution in [0.2, 0.25) is 0 Å². The smallest absolute Gasteiger partial charge is 0.119 e. The molecular weight excluding hydrogens is 348 g/mol. The Labute approximate surface area is 167 Å². The molecule has 0 radical (unpaired) electrons. The lowest BCUT2D eigenvalue weighted by Gasteiger charge is -2.32. The molecule has 1 aliphatic rings. The van der Waals surface area contributed by atoms with E-state index in [9.17, 15) is 0 Å². The minimum Gasteiger partial charge on any atom is -0.497 e. The zero-order valence-electron chi connectivity index (χ0n) is 16.9. The number of likely N-dealkylation sites (tertiary alicyclic amines) is 1. The molecule has 148 valence electrons. The quantitative estimate of drug-likeness (QED) is 0.591. The second-order valence-corrected chi connectivity index (χ2v) is 7.67. The van der Waals surface area contributed by atoms with Crippen LogP contribution in [0.3, 0.4) is 0 Å². The fourth-order valence-electron chi connectivity index (χ4n) is 3.93. The summed E-state index contributed by atoms with van der Waals surface area (Å²) in [7, 11) is 1.70. The van der Waals surface area contributed by atoms with Crippen molar-refractivity contribution in [1.82, 2.24) is 9.88 Å². The second kappa shape index (κ2) is 8.70. The summed E-state index contributed by atoms with van der Waals surface area (Å²) in [6.07, 6.45) is 5.15.